The van der Waals surface area contributed by atoms with Crippen LogP contribution in [0.2, 0.25) is 0 Å². The van der Waals surface area contributed by atoms with E-state index in [0.717, 1.165) is 5.69 Å². The largest absolute Gasteiger partial charge is 0.308 e. The van der Waals surface area contributed by atoms with Gasteiger partial charge >= 0.3 is 0 Å². The fourth-order valence-electron chi connectivity index (χ4n) is 2.22. The number of carbonyl (C=O) groups is 1. The summed E-state index contributed by atoms with van der Waals surface area (Å²) in [5.41, 5.74) is 0.718. The van der Waals surface area contributed by atoms with Crippen molar-refractivity contribution in [1.29, 1.82) is 0 Å². The van der Waals surface area contributed by atoms with Gasteiger partial charge in [-0.1, -0.05) is 0 Å². The van der Waals surface area contributed by atoms with Crippen molar-refractivity contribution in [2.24, 2.45) is 7.05 Å². The maximum atomic E-state index is 12.3. The van der Waals surface area contributed by atoms with E-state index in [9.17, 15) is 13.6 Å². The van der Waals surface area contributed by atoms with Gasteiger partial charge in [0.15, 0.2) is 0 Å². The highest BCUT2D eigenvalue weighted by molar-refractivity contribution is 5.99. The van der Waals surface area contributed by atoms with Crippen molar-refractivity contribution in [3.63, 3.8) is 0 Å². The van der Waals surface area contributed by atoms with Crippen LogP contribution in [0.4, 0.5) is 14.5 Å². The molecule has 1 aromatic rings. The Labute approximate surface area is 104 Å². The molecule has 1 aliphatic rings. The predicted octanol–water partition coefficient (Wildman–Crippen LogP) is 0.722. The van der Waals surface area contributed by atoms with Gasteiger partial charge in [-0.3, -0.25) is 14.4 Å². The minimum absolute atomic E-state index is 0.133. The van der Waals surface area contributed by atoms with Gasteiger partial charge in [0.2, 0.25) is 5.91 Å². The second-order valence-electron chi connectivity index (χ2n) is 4.50. The number of hydrogen-bond donors (Lipinski definition) is 0. The molecule has 0 aliphatic carbocycles. The molecule has 0 N–H and O–H groups in total. The Bertz CT molecular complexity index is 434. The third-order valence-corrected chi connectivity index (χ3v) is 3.14. The molecule has 18 heavy (non-hydrogen) atoms. The summed E-state index contributed by atoms with van der Waals surface area (Å²) >= 11 is 0. The molecule has 2 rings (SSSR count). The molecule has 1 fully saturated rings. The van der Waals surface area contributed by atoms with Crippen LogP contribution in [0.15, 0.2) is 12.4 Å². The van der Waals surface area contributed by atoms with E-state index in [1.807, 2.05) is 0 Å². The quantitative estimate of drug-likeness (QED) is 0.799. The molecule has 1 amide bonds. The average Bonchev–Trinajstić information content (AvgIpc) is 2.83. The molecular formula is C11H16F2N4O. The molecule has 0 bridgehead atoms. The molecule has 5 nitrogen and oxygen atoms in total. The lowest BCUT2D eigenvalue weighted by molar-refractivity contribution is -0.121. The van der Waals surface area contributed by atoms with Crippen LogP contribution in [-0.2, 0) is 11.8 Å². The molecule has 0 spiro atoms. The summed E-state index contributed by atoms with van der Waals surface area (Å²) in [6, 6.07) is -0.459. The van der Waals surface area contributed by atoms with Crippen molar-refractivity contribution < 1.29 is 13.6 Å². The maximum absolute atomic E-state index is 12.3. The molecule has 100 valence electrons. The minimum atomic E-state index is -2.42. The number of likely N-dealkylation sites (N-methyl/N-ethyl adjacent to an activating group) is 1. The van der Waals surface area contributed by atoms with E-state index in [1.165, 1.54) is 4.90 Å². The summed E-state index contributed by atoms with van der Waals surface area (Å²) in [6.07, 6.45) is 1.49. The van der Waals surface area contributed by atoms with Crippen molar-refractivity contribution in [2.45, 2.75) is 18.9 Å². The van der Waals surface area contributed by atoms with Crippen molar-refractivity contribution in [1.82, 2.24) is 14.7 Å². The van der Waals surface area contributed by atoms with Crippen LogP contribution in [0.3, 0.4) is 0 Å². The Kier molecular flexibility index (Phi) is 3.60. The Morgan fingerprint density at radius 2 is 2.33 bits per heavy atom. The van der Waals surface area contributed by atoms with Gasteiger partial charge in [0, 0.05) is 19.8 Å². The molecule has 7 heteroatoms. The van der Waals surface area contributed by atoms with Gasteiger partial charge in [0.25, 0.3) is 6.43 Å². The number of amides is 1. The van der Waals surface area contributed by atoms with E-state index in [4.69, 9.17) is 0 Å². The van der Waals surface area contributed by atoms with E-state index >= 15 is 0 Å². The van der Waals surface area contributed by atoms with Crippen LogP contribution >= 0.6 is 0 Å². The Hall–Kier alpha value is -1.50. The second-order valence-corrected chi connectivity index (χ2v) is 4.50. The molecule has 1 aromatic heterocycles. The number of aryl methyl sites for hydroxylation is 1. The Morgan fingerprint density at radius 1 is 1.61 bits per heavy atom. The van der Waals surface area contributed by atoms with Crippen molar-refractivity contribution >= 4 is 11.6 Å². The van der Waals surface area contributed by atoms with Crippen molar-refractivity contribution in [3.8, 4) is 0 Å². The highest BCUT2D eigenvalue weighted by Crippen LogP contribution is 2.23. The van der Waals surface area contributed by atoms with E-state index in [1.54, 1.807) is 36.1 Å². The van der Waals surface area contributed by atoms with E-state index in [2.05, 4.69) is 5.10 Å². The standard InChI is InChI=1S/C11H16F2N4O/c1-15(7-10(12)13)9-3-4-17(11(9)18)8-5-14-16(2)6-8/h5-6,9-10H,3-4,7H2,1-2H3/t9-/m1/s1. The normalized spacial score (nSPS) is 20.4. The van der Waals surface area contributed by atoms with Crippen molar-refractivity contribution in [3.05, 3.63) is 12.4 Å². The number of carbonyl (C=O) groups excluding carboxylic acids is 1. The molecule has 1 saturated heterocycles. The van der Waals surface area contributed by atoms with Gasteiger partial charge in [-0.2, -0.15) is 5.10 Å². The van der Waals surface area contributed by atoms with E-state index in [0.29, 0.717) is 13.0 Å². The first kappa shape index (κ1) is 12.9. The topological polar surface area (TPSA) is 41.4 Å². The lowest BCUT2D eigenvalue weighted by Crippen LogP contribution is -2.41. The third-order valence-electron chi connectivity index (χ3n) is 3.14. The summed E-state index contributed by atoms with van der Waals surface area (Å²) in [4.78, 5) is 15.2. The Morgan fingerprint density at radius 3 is 2.89 bits per heavy atom. The number of nitrogens with zero attached hydrogens (tertiary/aromatic N) is 4. The van der Waals surface area contributed by atoms with Crippen LogP contribution in [0.25, 0.3) is 0 Å². The lowest BCUT2D eigenvalue weighted by atomic mass is 10.2. The maximum Gasteiger partial charge on any atom is 0.251 e. The second kappa shape index (κ2) is 5.01. The van der Waals surface area contributed by atoms with Gasteiger partial charge in [-0.25, -0.2) is 8.78 Å². The van der Waals surface area contributed by atoms with Gasteiger partial charge in [0.1, 0.15) is 0 Å². The fraction of sp³-hybridized carbons (Fsp3) is 0.636. The minimum Gasteiger partial charge on any atom is -0.308 e. The molecule has 1 aliphatic heterocycles. The van der Waals surface area contributed by atoms with Gasteiger partial charge in [-0.05, 0) is 13.5 Å². The zero-order valence-electron chi connectivity index (χ0n) is 10.4. The highest BCUT2D eigenvalue weighted by Gasteiger charge is 2.36. The van der Waals surface area contributed by atoms with Crippen LogP contribution in [0, 0.1) is 0 Å². The summed E-state index contributed by atoms with van der Waals surface area (Å²) in [5, 5.41) is 4.00. The van der Waals surface area contributed by atoms with Gasteiger partial charge < -0.3 is 4.90 Å². The first-order chi connectivity index (χ1) is 8.49. The highest BCUT2D eigenvalue weighted by atomic mass is 19.3. The van der Waals surface area contributed by atoms with Gasteiger partial charge in [-0.15, -0.1) is 0 Å². The van der Waals surface area contributed by atoms with Crippen LogP contribution in [0.1, 0.15) is 6.42 Å². The monoisotopic (exact) mass is 258 g/mol. The number of aromatic nitrogens is 2. The van der Waals surface area contributed by atoms with Crippen LogP contribution < -0.4 is 4.90 Å². The fourth-order valence-corrected chi connectivity index (χ4v) is 2.22. The first-order valence-corrected chi connectivity index (χ1v) is 5.77. The third kappa shape index (κ3) is 2.50. The van der Waals surface area contributed by atoms with Crippen molar-refractivity contribution in [2.75, 3.05) is 25.0 Å². The summed E-state index contributed by atoms with van der Waals surface area (Å²) in [7, 11) is 3.33. The van der Waals surface area contributed by atoms with Crippen LogP contribution in [0.5, 0.6) is 0 Å². The van der Waals surface area contributed by atoms with E-state index in [-0.39, 0.29) is 12.5 Å². The molecule has 0 unspecified atom stereocenters. The number of anilines is 1. The predicted molar refractivity (Wildman–Crippen MR) is 62.6 cm³/mol. The Balaban J connectivity index is 2.05. The molecule has 0 aromatic carbocycles. The number of hydrogen-bond acceptors (Lipinski definition) is 3. The molecule has 2 heterocycles. The number of alkyl halides is 2. The lowest BCUT2D eigenvalue weighted by Gasteiger charge is -2.22. The molecular weight excluding hydrogens is 242 g/mol. The van der Waals surface area contributed by atoms with Gasteiger partial charge in [0.05, 0.1) is 24.5 Å². The molecule has 0 radical (unpaired) electrons. The molecule has 0 saturated carbocycles. The number of halogens is 2. The summed E-state index contributed by atoms with van der Waals surface area (Å²) in [5.74, 6) is -0.133. The SMILES string of the molecule is CN(CC(F)F)[C@@H]1CCN(c2cnn(C)c2)C1=O. The van der Waals surface area contributed by atoms with E-state index < -0.39 is 12.5 Å². The van der Waals surface area contributed by atoms with Crippen LogP contribution in [-0.4, -0.2) is 53.2 Å². The summed E-state index contributed by atoms with van der Waals surface area (Å²) < 4.78 is 26.2. The first-order valence-electron chi connectivity index (χ1n) is 5.77. The smallest absolute Gasteiger partial charge is 0.251 e. The average molecular weight is 258 g/mol. The summed E-state index contributed by atoms with van der Waals surface area (Å²) in [6.45, 7) is 0.167. The zero-order chi connectivity index (χ0) is 13.3. The molecule has 1 atom stereocenters. The zero-order valence-corrected chi connectivity index (χ0v) is 10.4. The number of rotatable bonds is 4.